The second-order valence-electron chi connectivity index (χ2n) is 4.09. The molecule has 3 aromatic heterocycles. The van der Waals surface area contributed by atoms with Crippen LogP contribution in [-0.2, 0) is 21.1 Å². The molecule has 0 fully saturated rings. The lowest BCUT2D eigenvalue weighted by Crippen LogP contribution is -1.95. The molecule has 0 aliphatic carbocycles. The Hall–Kier alpha value is -1.67. The molecule has 0 saturated carbocycles. The molecular weight excluding hydrogens is 518 g/mol. The summed E-state index contributed by atoms with van der Waals surface area (Å²) in [4.78, 5) is 10.1. The zero-order valence-electron chi connectivity index (χ0n) is 12.7. The van der Waals surface area contributed by atoms with Crippen molar-refractivity contribution < 1.29 is 9.90 Å². The maximum absolute atomic E-state index is 10.1. The minimum Gasteiger partial charge on any atom is -0.476 e. The van der Waals surface area contributed by atoms with Crippen LogP contribution >= 0.6 is 47.8 Å². The SMILES string of the molecule is Cn1cc(Br)nn1.Cn1cc(C(=O)O)nn1.Cn1nnc(Br)c1Br. The maximum Gasteiger partial charge on any atom is 0.358 e. The van der Waals surface area contributed by atoms with Gasteiger partial charge in [0.1, 0.15) is 9.21 Å². The molecule has 0 aromatic carbocycles. The molecule has 0 radical (unpaired) electrons. The molecule has 11 nitrogen and oxygen atoms in total. The van der Waals surface area contributed by atoms with E-state index in [4.69, 9.17) is 5.11 Å². The molecular formula is C10H12Br3N9O2. The minimum atomic E-state index is -1.05. The summed E-state index contributed by atoms with van der Waals surface area (Å²) in [6.45, 7) is 0. The first-order chi connectivity index (χ1) is 11.2. The topological polar surface area (TPSA) is 129 Å². The average molecular weight is 530 g/mol. The third kappa shape index (κ3) is 6.84. The molecule has 14 heteroatoms. The predicted molar refractivity (Wildman–Crippen MR) is 93.1 cm³/mol. The fraction of sp³-hybridized carbons (Fsp3) is 0.300. The third-order valence-corrected chi connectivity index (χ3v) is 4.44. The van der Waals surface area contributed by atoms with E-state index in [0.717, 1.165) is 13.8 Å². The summed E-state index contributed by atoms with van der Waals surface area (Å²) < 4.78 is 6.96. The largest absolute Gasteiger partial charge is 0.476 e. The molecule has 0 aliphatic heterocycles. The molecule has 0 aliphatic rings. The Kier molecular flexibility index (Phi) is 8.14. The summed E-state index contributed by atoms with van der Waals surface area (Å²) in [5.74, 6) is -1.05. The number of nitrogens with zero attached hydrogens (tertiary/aromatic N) is 9. The molecule has 3 aromatic rings. The van der Waals surface area contributed by atoms with Crippen molar-refractivity contribution in [2.24, 2.45) is 21.1 Å². The summed E-state index contributed by atoms with van der Waals surface area (Å²) in [6, 6.07) is 0. The van der Waals surface area contributed by atoms with E-state index in [2.05, 4.69) is 78.7 Å². The van der Waals surface area contributed by atoms with Crippen LogP contribution < -0.4 is 0 Å². The van der Waals surface area contributed by atoms with Gasteiger partial charge in [-0.05, 0) is 47.8 Å². The number of carbonyl (C=O) groups is 1. The zero-order chi connectivity index (χ0) is 18.3. The van der Waals surface area contributed by atoms with Crippen molar-refractivity contribution in [3.63, 3.8) is 0 Å². The minimum absolute atomic E-state index is 0.0301. The second-order valence-corrected chi connectivity index (χ2v) is 6.41. The lowest BCUT2D eigenvalue weighted by Gasteiger charge is -1.84. The Balaban J connectivity index is 0.000000181. The van der Waals surface area contributed by atoms with Crippen LogP contribution in [0.3, 0.4) is 0 Å². The normalized spacial score (nSPS) is 9.58. The van der Waals surface area contributed by atoms with Gasteiger partial charge in [0.25, 0.3) is 0 Å². The lowest BCUT2D eigenvalue weighted by atomic mass is 10.5. The number of aryl methyl sites for hydroxylation is 3. The molecule has 0 spiro atoms. The van der Waals surface area contributed by atoms with E-state index in [9.17, 15) is 4.79 Å². The van der Waals surface area contributed by atoms with E-state index in [1.807, 2.05) is 14.1 Å². The summed E-state index contributed by atoms with van der Waals surface area (Å²) in [5.41, 5.74) is -0.0301. The molecule has 1 N–H and O–H groups in total. The van der Waals surface area contributed by atoms with Gasteiger partial charge in [0, 0.05) is 21.1 Å². The summed E-state index contributed by atoms with van der Waals surface area (Å²) in [6.07, 6.45) is 3.11. The molecule has 0 bridgehead atoms. The first kappa shape index (κ1) is 20.4. The van der Waals surface area contributed by atoms with E-state index in [-0.39, 0.29) is 5.69 Å². The Morgan fingerprint density at radius 1 is 0.958 bits per heavy atom. The van der Waals surface area contributed by atoms with Crippen molar-refractivity contribution in [1.29, 1.82) is 0 Å². The third-order valence-electron chi connectivity index (χ3n) is 2.12. The molecule has 3 heterocycles. The van der Waals surface area contributed by atoms with E-state index in [1.54, 1.807) is 22.6 Å². The molecule has 0 amide bonds. The number of aromatic nitrogens is 9. The monoisotopic (exact) mass is 527 g/mol. The van der Waals surface area contributed by atoms with Crippen molar-refractivity contribution in [2.75, 3.05) is 0 Å². The van der Waals surface area contributed by atoms with Gasteiger partial charge in [0.05, 0.1) is 12.4 Å². The molecule has 130 valence electrons. The summed E-state index contributed by atoms with van der Waals surface area (Å²) in [7, 11) is 5.24. The van der Waals surface area contributed by atoms with Crippen molar-refractivity contribution in [2.45, 2.75) is 0 Å². The lowest BCUT2D eigenvalue weighted by molar-refractivity contribution is 0.0690. The van der Waals surface area contributed by atoms with Crippen molar-refractivity contribution in [3.05, 3.63) is 31.9 Å². The van der Waals surface area contributed by atoms with Gasteiger partial charge < -0.3 is 5.11 Å². The Morgan fingerprint density at radius 3 is 1.71 bits per heavy atom. The van der Waals surface area contributed by atoms with Crippen LogP contribution in [0.25, 0.3) is 0 Å². The number of carboxylic acid groups (broad SMARTS) is 1. The van der Waals surface area contributed by atoms with Gasteiger partial charge in [-0.15, -0.1) is 15.3 Å². The molecule has 24 heavy (non-hydrogen) atoms. The first-order valence-electron chi connectivity index (χ1n) is 6.02. The highest BCUT2D eigenvalue weighted by atomic mass is 79.9. The fourth-order valence-corrected chi connectivity index (χ4v) is 1.93. The first-order valence-corrected chi connectivity index (χ1v) is 8.40. The van der Waals surface area contributed by atoms with Crippen molar-refractivity contribution in [3.8, 4) is 0 Å². The van der Waals surface area contributed by atoms with Gasteiger partial charge in [-0.3, -0.25) is 9.36 Å². The van der Waals surface area contributed by atoms with E-state index in [0.29, 0.717) is 0 Å². The molecule has 0 unspecified atom stereocenters. The van der Waals surface area contributed by atoms with Gasteiger partial charge in [0.2, 0.25) is 0 Å². The van der Waals surface area contributed by atoms with Crippen LogP contribution in [0.2, 0.25) is 0 Å². The Morgan fingerprint density at radius 2 is 1.54 bits per heavy atom. The van der Waals surface area contributed by atoms with Gasteiger partial charge in [-0.2, -0.15) is 0 Å². The number of hydrogen-bond acceptors (Lipinski definition) is 7. The van der Waals surface area contributed by atoms with E-state index >= 15 is 0 Å². The highest BCUT2D eigenvalue weighted by molar-refractivity contribution is 9.13. The van der Waals surface area contributed by atoms with Crippen molar-refractivity contribution in [1.82, 2.24) is 45.0 Å². The molecule has 0 saturated heterocycles. The molecule has 3 rings (SSSR count). The molecule has 0 atom stereocenters. The summed E-state index contributed by atoms with van der Waals surface area (Å²) >= 11 is 9.55. The van der Waals surface area contributed by atoms with Crippen LogP contribution in [0.5, 0.6) is 0 Å². The highest BCUT2D eigenvalue weighted by Crippen LogP contribution is 2.17. The Labute approximate surface area is 161 Å². The number of halogens is 3. The van der Waals surface area contributed by atoms with Crippen LogP contribution in [0.1, 0.15) is 10.5 Å². The van der Waals surface area contributed by atoms with E-state index < -0.39 is 5.97 Å². The van der Waals surface area contributed by atoms with Crippen molar-refractivity contribution >= 4 is 53.8 Å². The predicted octanol–water partition coefficient (Wildman–Crippen LogP) is 1.43. The van der Waals surface area contributed by atoms with Gasteiger partial charge in [-0.25, -0.2) is 9.48 Å². The van der Waals surface area contributed by atoms with Gasteiger partial charge in [0.15, 0.2) is 10.3 Å². The van der Waals surface area contributed by atoms with Crippen LogP contribution in [0.15, 0.2) is 26.2 Å². The number of aromatic carboxylic acids is 1. The quantitative estimate of drug-likeness (QED) is 0.501. The maximum atomic E-state index is 10.1. The highest BCUT2D eigenvalue weighted by Gasteiger charge is 2.04. The smallest absolute Gasteiger partial charge is 0.358 e. The average Bonchev–Trinajstić information content (AvgIpc) is 3.19. The zero-order valence-corrected chi connectivity index (χ0v) is 17.4. The Bertz CT molecular complexity index is 761. The second kappa shape index (κ2) is 9.58. The number of hydrogen-bond donors (Lipinski definition) is 1. The van der Waals surface area contributed by atoms with Gasteiger partial charge >= 0.3 is 5.97 Å². The van der Waals surface area contributed by atoms with E-state index in [1.165, 1.54) is 10.9 Å². The van der Waals surface area contributed by atoms with Gasteiger partial charge in [-0.1, -0.05) is 15.6 Å². The van der Waals surface area contributed by atoms with Crippen LogP contribution in [0.4, 0.5) is 0 Å². The fourth-order valence-electron chi connectivity index (χ4n) is 1.08. The standard InChI is InChI=1S/C4H5N3O2.C3H3Br2N3.C3H4BrN3/c1-7-2-3(4(8)9)5-6-7;1-8-3(5)2(4)6-7-8;1-7-2-3(4)5-6-7/h2H,1H3,(H,8,9);1H3;2H,1H3. The van der Waals surface area contributed by atoms with Crippen LogP contribution in [0, 0.1) is 0 Å². The van der Waals surface area contributed by atoms with Crippen LogP contribution in [-0.4, -0.2) is 56.1 Å². The number of rotatable bonds is 1. The summed E-state index contributed by atoms with van der Waals surface area (Å²) in [5, 5.41) is 29.7. The number of carboxylic acids is 1.